The van der Waals surface area contributed by atoms with E-state index in [1.165, 1.54) is 44.2 Å². The maximum absolute atomic E-state index is 2.41. The summed E-state index contributed by atoms with van der Waals surface area (Å²) in [4.78, 5) is 0. The molecule has 0 aliphatic carbocycles. The number of hydrogen-bond donors (Lipinski definition) is 0. The van der Waals surface area contributed by atoms with Crippen LogP contribution >= 0.6 is 0 Å². The third kappa shape index (κ3) is 5.57. The van der Waals surface area contributed by atoms with Gasteiger partial charge in [-0.25, -0.2) is 0 Å². The van der Waals surface area contributed by atoms with Crippen LogP contribution in [0.2, 0.25) is 0 Å². The van der Waals surface area contributed by atoms with E-state index in [9.17, 15) is 0 Å². The van der Waals surface area contributed by atoms with Crippen molar-refractivity contribution >= 4 is 10.8 Å². The van der Waals surface area contributed by atoms with Crippen LogP contribution in [0, 0.1) is 0 Å². The average molecular weight is 528 g/mol. The summed E-state index contributed by atoms with van der Waals surface area (Å²) in [5, 5.41) is 2.71. The van der Waals surface area contributed by atoms with Crippen molar-refractivity contribution in [3.63, 3.8) is 0 Å². The molecule has 4 rings (SSSR count). The maximum atomic E-state index is 2.41. The fourth-order valence-electron chi connectivity index (χ4n) is 4.11. The van der Waals surface area contributed by atoms with Gasteiger partial charge in [0, 0.05) is 0 Å². The van der Waals surface area contributed by atoms with Crippen LogP contribution in [0.15, 0.2) is 78.9 Å². The minimum Gasteiger partial charge on any atom is -1.00 e. The number of fused-ring (bicyclic) bond motifs is 1. The Balaban J connectivity index is 0.00000160. The molecule has 4 aromatic rings. The summed E-state index contributed by atoms with van der Waals surface area (Å²) in [6, 6.07) is 29.1. The van der Waals surface area contributed by atoms with Gasteiger partial charge in [-0.2, -0.15) is 0 Å². The molecule has 0 aliphatic heterocycles. The van der Waals surface area contributed by atoms with E-state index in [0.717, 1.165) is 0 Å². The molecule has 0 atom stereocenters. The molecule has 3 heteroatoms. The van der Waals surface area contributed by atoms with Gasteiger partial charge in [0.25, 0.3) is 0 Å². The molecule has 4 aromatic carbocycles. The van der Waals surface area contributed by atoms with Crippen molar-refractivity contribution in [2.45, 2.75) is 46.0 Å². The molecule has 159 valence electrons. The smallest absolute Gasteiger partial charge is 1.00 e. The monoisotopic (exact) mass is 525 g/mol. The Kier molecular flexibility index (Phi) is 9.89. The molecule has 0 fully saturated rings. The predicted octanol–water partition coefficient (Wildman–Crippen LogP) is 2.32. The van der Waals surface area contributed by atoms with Crippen LogP contribution in [0.4, 0.5) is 0 Å². The molecular weight excluding hydrogens is 498 g/mol. The number of hydrogen-bond acceptors (Lipinski definition) is 0. The molecule has 1 radical (unpaired) electrons. The Bertz CT molecular complexity index is 1100. The van der Waals surface area contributed by atoms with Crippen LogP contribution < -0.4 is 24.8 Å². The van der Waals surface area contributed by atoms with E-state index in [0.29, 0.717) is 5.92 Å². The Labute approximate surface area is 218 Å². The van der Waals surface area contributed by atoms with Gasteiger partial charge in [0.15, 0.2) is 0 Å². The molecule has 0 saturated heterocycles. The molecule has 0 aromatic heterocycles. The van der Waals surface area contributed by atoms with Crippen LogP contribution in [0.5, 0.6) is 0 Å². The third-order valence-electron chi connectivity index (χ3n) is 5.71. The fraction of sp³-hybridized carbons (Fsp3) is 0.250. The molecule has 0 nitrogen and oxygen atoms in total. The first kappa shape index (κ1) is 27.8. The molecule has 0 bridgehead atoms. The van der Waals surface area contributed by atoms with Crippen LogP contribution in [0.1, 0.15) is 51.7 Å². The zero-order chi connectivity index (χ0) is 19.9. The molecule has 0 N–H and O–H groups in total. The van der Waals surface area contributed by atoms with Crippen molar-refractivity contribution in [1.82, 2.24) is 0 Å². The first-order valence-corrected chi connectivity index (χ1v) is 10.2. The maximum Gasteiger partial charge on any atom is 3.00 e. The van der Waals surface area contributed by atoms with Gasteiger partial charge in [0.05, 0.1) is 0 Å². The zero-order valence-corrected chi connectivity index (χ0v) is 22.8. The minimum absolute atomic E-state index is 0. The molecule has 31 heavy (non-hydrogen) atoms. The standard InChI is InChI=1S/C28H29.2ClH.Zr/c1-19(2)25-18-26-23(20-14-16-22(17-15-20)28(3,4)5)12-9-13-24(26)27(25)21-10-7-6-8-11-21;;;/h6-19H,1-5H3;2*1H;/q-1;;;+3/p-2. The summed E-state index contributed by atoms with van der Waals surface area (Å²) in [6.07, 6.45) is 0. The van der Waals surface area contributed by atoms with Gasteiger partial charge in [-0.3, -0.25) is 0 Å². The molecule has 0 aliphatic rings. The van der Waals surface area contributed by atoms with Gasteiger partial charge >= 0.3 is 26.2 Å². The fourth-order valence-corrected chi connectivity index (χ4v) is 4.11. The van der Waals surface area contributed by atoms with Gasteiger partial charge in [-0.15, -0.1) is 29.8 Å². The average Bonchev–Trinajstić information content (AvgIpc) is 3.08. The SMILES string of the molecule is CC(C)c1cc2c(-c3ccc(C(C)(C)C)cc3)cccc2[c-]1-c1ccccc1.[Cl-].[Cl-].[Zr+3]. The summed E-state index contributed by atoms with van der Waals surface area (Å²) in [6.45, 7) is 11.4. The van der Waals surface area contributed by atoms with E-state index in [-0.39, 0.29) is 56.4 Å². The van der Waals surface area contributed by atoms with Crippen molar-refractivity contribution in [2.75, 3.05) is 0 Å². The van der Waals surface area contributed by atoms with Crippen molar-refractivity contribution in [1.29, 1.82) is 0 Å². The van der Waals surface area contributed by atoms with E-state index >= 15 is 0 Å². The molecular formula is C28H29Cl2Zr. The van der Waals surface area contributed by atoms with E-state index in [2.05, 4.69) is 113 Å². The summed E-state index contributed by atoms with van der Waals surface area (Å²) < 4.78 is 0. The van der Waals surface area contributed by atoms with Crippen molar-refractivity contribution < 1.29 is 51.0 Å². The van der Waals surface area contributed by atoms with Gasteiger partial charge in [0.1, 0.15) is 0 Å². The second-order valence-electron chi connectivity index (χ2n) is 9.09. The normalized spacial score (nSPS) is 10.9. The summed E-state index contributed by atoms with van der Waals surface area (Å²) >= 11 is 0. The number of rotatable bonds is 3. The molecule has 0 unspecified atom stereocenters. The Hall–Kier alpha value is -1.27. The summed E-state index contributed by atoms with van der Waals surface area (Å²) in [5.74, 6) is 0.485. The van der Waals surface area contributed by atoms with Crippen molar-refractivity contribution in [3.8, 4) is 22.3 Å². The second kappa shape index (κ2) is 11.0. The summed E-state index contributed by atoms with van der Waals surface area (Å²) in [7, 11) is 0. The van der Waals surface area contributed by atoms with Crippen LogP contribution in [0.3, 0.4) is 0 Å². The number of halogens is 2. The first-order valence-electron chi connectivity index (χ1n) is 10.2. The Morgan fingerprint density at radius 1 is 0.742 bits per heavy atom. The van der Waals surface area contributed by atoms with Gasteiger partial charge < -0.3 is 24.8 Å². The van der Waals surface area contributed by atoms with E-state index in [4.69, 9.17) is 0 Å². The molecule has 0 saturated carbocycles. The van der Waals surface area contributed by atoms with E-state index < -0.39 is 0 Å². The molecule has 0 amide bonds. The van der Waals surface area contributed by atoms with Gasteiger partial charge in [0.2, 0.25) is 0 Å². The predicted molar refractivity (Wildman–Crippen MR) is 123 cm³/mol. The van der Waals surface area contributed by atoms with Crippen LogP contribution in [-0.4, -0.2) is 0 Å². The third-order valence-corrected chi connectivity index (χ3v) is 5.71. The summed E-state index contributed by atoms with van der Waals surface area (Å²) in [5.41, 5.74) is 8.29. The van der Waals surface area contributed by atoms with Crippen LogP contribution in [-0.2, 0) is 31.6 Å². The quantitative estimate of drug-likeness (QED) is 0.359. The Morgan fingerprint density at radius 2 is 1.35 bits per heavy atom. The van der Waals surface area contributed by atoms with Crippen molar-refractivity contribution in [3.05, 3.63) is 90.0 Å². The van der Waals surface area contributed by atoms with Gasteiger partial charge in [-0.1, -0.05) is 111 Å². The van der Waals surface area contributed by atoms with E-state index in [1.807, 2.05) is 0 Å². The zero-order valence-electron chi connectivity index (χ0n) is 18.8. The minimum atomic E-state index is 0. The van der Waals surface area contributed by atoms with Crippen LogP contribution in [0.25, 0.3) is 33.0 Å². The first-order chi connectivity index (χ1) is 13.4. The van der Waals surface area contributed by atoms with Gasteiger partial charge in [-0.05, 0) is 28.0 Å². The van der Waals surface area contributed by atoms with Crippen molar-refractivity contribution in [2.24, 2.45) is 0 Å². The molecule has 0 spiro atoms. The largest absolute Gasteiger partial charge is 3.00 e. The molecule has 0 heterocycles. The second-order valence-corrected chi connectivity index (χ2v) is 9.09. The number of benzene rings is 3. The topological polar surface area (TPSA) is 0 Å². The Morgan fingerprint density at radius 3 is 1.90 bits per heavy atom. The van der Waals surface area contributed by atoms with E-state index in [1.54, 1.807) is 0 Å².